The molecule has 3 heterocycles. The third-order valence-electron chi connectivity index (χ3n) is 8.35. The van der Waals surface area contributed by atoms with Crippen LogP contribution in [0.25, 0.3) is 23.3 Å². The van der Waals surface area contributed by atoms with Gasteiger partial charge in [-0.05, 0) is 94.4 Å². The van der Waals surface area contributed by atoms with E-state index in [1.807, 2.05) is 25.3 Å². The van der Waals surface area contributed by atoms with E-state index in [1.165, 1.54) is 6.07 Å². The number of hydrogen-bond acceptors (Lipinski definition) is 5. The van der Waals surface area contributed by atoms with Crippen molar-refractivity contribution in [2.24, 2.45) is 10.9 Å². The summed E-state index contributed by atoms with van der Waals surface area (Å²) in [5.74, 6) is 0.306. The monoisotopic (exact) mass is 561 g/mol. The number of benzene rings is 1. The van der Waals surface area contributed by atoms with Crippen molar-refractivity contribution in [1.29, 1.82) is 0 Å². The van der Waals surface area contributed by atoms with Gasteiger partial charge in [0, 0.05) is 36.8 Å². The highest BCUT2D eigenvalue weighted by atomic mass is 35.5. The van der Waals surface area contributed by atoms with Crippen LogP contribution in [0.2, 0.25) is 5.02 Å². The topological polar surface area (TPSA) is 53.7 Å². The van der Waals surface area contributed by atoms with Crippen LogP contribution in [-0.2, 0) is 6.54 Å². The molecule has 0 radical (unpaired) electrons. The number of piperidine rings is 1. The molecule has 1 aliphatic heterocycles. The number of fused-ring (bicyclic) bond motifs is 1. The Balaban J connectivity index is 1.54. The minimum Gasteiger partial charge on any atom is -0.370 e. The first-order valence-corrected chi connectivity index (χ1v) is 14.5. The normalized spacial score (nSPS) is 19.1. The summed E-state index contributed by atoms with van der Waals surface area (Å²) in [6.07, 6.45) is 9.96. The molecule has 40 heavy (non-hydrogen) atoms. The summed E-state index contributed by atoms with van der Waals surface area (Å²) in [5.41, 5.74) is 2.12. The van der Waals surface area contributed by atoms with Crippen LogP contribution in [-0.4, -0.2) is 53.4 Å². The van der Waals surface area contributed by atoms with Crippen LogP contribution >= 0.6 is 11.6 Å². The van der Waals surface area contributed by atoms with Crippen molar-refractivity contribution in [3.63, 3.8) is 0 Å². The first kappa shape index (κ1) is 28.2. The van der Waals surface area contributed by atoms with Gasteiger partial charge in [0.15, 0.2) is 5.82 Å². The van der Waals surface area contributed by atoms with Gasteiger partial charge in [-0.15, -0.1) is 0 Å². The summed E-state index contributed by atoms with van der Waals surface area (Å²) in [7, 11) is 4.32. The fourth-order valence-electron chi connectivity index (χ4n) is 5.80. The van der Waals surface area contributed by atoms with Crippen molar-refractivity contribution in [3.8, 4) is 11.1 Å². The van der Waals surface area contributed by atoms with E-state index in [0.717, 1.165) is 60.7 Å². The van der Waals surface area contributed by atoms with E-state index in [9.17, 15) is 9.18 Å². The molecule has 0 spiro atoms. The molecule has 2 aliphatic rings. The van der Waals surface area contributed by atoms with Crippen LogP contribution < -0.4 is 21.0 Å². The van der Waals surface area contributed by atoms with Crippen molar-refractivity contribution >= 4 is 41.0 Å². The Morgan fingerprint density at radius 3 is 2.60 bits per heavy atom. The number of rotatable bonds is 6. The second-order valence-electron chi connectivity index (χ2n) is 10.8. The van der Waals surface area contributed by atoms with Crippen molar-refractivity contribution in [3.05, 3.63) is 74.4 Å². The predicted molar refractivity (Wildman–Crippen MR) is 164 cm³/mol. The van der Waals surface area contributed by atoms with Crippen molar-refractivity contribution in [2.75, 3.05) is 32.1 Å². The number of nitrogens with zero attached hydrogens (tertiary/aromatic N) is 5. The minimum atomic E-state index is -0.505. The molecule has 1 unspecified atom stereocenters. The summed E-state index contributed by atoms with van der Waals surface area (Å²) >= 11 is 6.35. The molecule has 1 fully saturated rings. The Hall–Kier alpha value is -3.29. The largest absolute Gasteiger partial charge is 0.370 e. The van der Waals surface area contributed by atoms with Gasteiger partial charge < -0.3 is 14.4 Å². The lowest BCUT2D eigenvalue weighted by atomic mass is 9.97. The van der Waals surface area contributed by atoms with E-state index in [-0.39, 0.29) is 27.6 Å². The average Bonchev–Trinajstić information content (AvgIpc) is 3.12. The second kappa shape index (κ2) is 12.1. The van der Waals surface area contributed by atoms with Crippen LogP contribution in [0.5, 0.6) is 0 Å². The molecule has 5 rings (SSSR count). The Labute approximate surface area is 240 Å². The van der Waals surface area contributed by atoms with Gasteiger partial charge in [-0.3, -0.25) is 4.79 Å². The Kier molecular flexibility index (Phi) is 8.52. The van der Waals surface area contributed by atoms with Crippen molar-refractivity contribution in [2.45, 2.75) is 52.1 Å². The molecule has 210 valence electrons. The lowest BCUT2D eigenvalue weighted by Gasteiger charge is -2.36. The lowest BCUT2D eigenvalue weighted by molar-refractivity contribution is 0.253. The van der Waals surface area contributed by atoms with Gasteiger partial charge in [0.25, 0.3) is 5.56 Å². The van der Waals surface area contributed by atoms with E-state index in [1.54, 1.807) is 22.8 Å². The molecule has 6 nitrogen and oxygen atoms in total. The fraction of sp³-hybridized carbons (Fsp3) is 0.406. The smallest absolute Gasteiger partial charge is 0.259 e. The van der Waals surface area contributed by atoms with E-state index in [0.29, 0.717) is 18.4 Å². The summed E-state index contributed by atoms with van der Waals surface area (Å²) in [6.45, 7) is 6.72. The molecule has 0 saturated carbocycles. The first-order chi connectivity index (χ1) is 19.3. The highest BCUT2D eigenvalue weighted by Gasteiger charge is 2.22. The molecule has 1 aromatic carbocycles. The average molecular weight is 562 g/mol. The summed E-state index contributed by atoms with van der Waals surface area (Å²) in [4.78, 5) is 28.0. The molecule has 0 bridgehead atoms. The van der Waals surface area contributed by atoms with Crippen LogP contribution in [0.15, 0.2) is 52.4 Å². The quantitative estimate of drug-likeness (QED) is 0.424. The molecular formula is C32H37ClFN5O. The van der Waals surface area contributed by atoms with Crippen LogP contribution in [0.4, 0.5) is 15.9 Å². The van der Waals surface area contributed by atoms with E-state index in [2.05, 4.69) is 43.0 Å². The second-order valence-corrected chi connectivity index (χ2v) is 11.2. The SMILES string of the molecule is CCC1CC=c2cc(-c3c(F)cccc3Cl)c(=O)n(CC)c2=CC1=Nc1ccc(N(C)C2CCN(C)CC2)cn1. The van der Waals surface area contributed by atoms with Crippen LogP contribution in [0.1, 0.15) is 39.5 Å². The maximum absolute atomic E-state index is 14.8. The highest BCUT2D eigenvalue weighted by molar-refractivity contribution is 6.33. The Morgan fingerprint density at radius 2 is 1.95 bits per heavy atom. The Morgan fingerprint density at radius 1 is 1.18 bits per heavy atom. The standard InChI is InChI=1S/C32H37ClFN5O/c1-5-21-10-11-22-18-25(31-26(33)8-7-9-27(31)34)32(40)39(6-2)29(22)19-28(21)36-30-13-12-24(20-35-30)38(4)23-14-16-37(3)17-15-23/h7-9,11-13,18-21,23H,5-6,10,14-17H2,1-4H3. The van der Waals surface area contributed by atoms with Gasteiger partial charge in [-0.25, -0.2) is 14.4 Å². The zero-order valence-corrected chi connectivity index (χ0v) is 24.5. The molecular weight excluding hydrogens is 525 g/mol. The summed E-state index contributed by atoms with van der Waals surface area (Å²) in [6, 6.07) is 10.8. The maximum atomic E-state index is 14.8. The zero-order valence-electron chi connectivity index (χ0n) is 23.7. The highest BCUT2D eigenvalue weighted by Crippen LogP contribution is 2.28. The number of pyridine rings is 2. The van der Waals surface area contributed by atoms with E-state index >= 15 is 0 Å². The maximum Gasteiger partial charge on any atom is 0.259 e. The van der Waals surface area contributed by atoms with E-state index in [4.69, 9.17) is 21.6 Å². The van der Waals surface area contributed by atoms with Crippen LogP contribution in [0, 0.1) is 11.7 Å². The summed E-state index contributed by atoms with van der Waals surface area (Å²) in [5, 5.41) is 1.88. The number of likely N-dealkylation sites (tertiary alicyclic amines) is 1. The molecule has 1 aliphatic carbocycles. The van der Waals surface area contributed by atoms with Crippen molar-refractivity contribution < 1.29 is 4.39 Å². The third kappa shape index (κ3) is 5.63. The van der Waals surface area contributed by atoms with Gasteiger partial charge >= 0.3 is 0 Å². The molecule has 0 N–H and O–H groups in total. The first-order valence-electron chi connectivity index (χ1n) is 14.2. The minimum absolute atomic E-state index is 0.146. The van der Waals surface area contributed by atoms with E-state index < -0.39 is 5.82 Å². The number of aromatic nitrogens is 2. The number of halogens is 2. The molecule has 0 amide bonds. The summed E-state index contributed by atoms with van der Waals surface area (Å²) < 4.78 is 16.5. The fourth-order valence-corrected chi connectivity index (χ4v) is 6.07. The molecule has 8 heteroatoms. The predicted octanol–water partition coefficient (Wildman–Crippen LogP) is 5.02. The van der Waals surface area contributed by atoms with Gasteiger partial charge in [-0.1, -0.05) is 30.7 Å². The van der Waals surface area contributed by atoms with Gasteiger partial charge in [0.05, 0.1) is 27.8 Å². The van der Waals surface area contributed by atoms with Gasteiger partial charge in [0.1, 0.15) is 5.82 Å². The molecule has 2 aromatic heterocycles. The molecule has 3 aromatic rings. The number of anilines is 1. The number of hydrogen-bond donors (Lipinski definition) is 0. The van der Waals surface area contributed by atoms with Gasteiger partial charge in [-0.2, -0.15) is 0 Å². The number of aliphatic imine (C=N–C) groups is 1. The molecule has 1 atom stereocenters. The third-order valence-corrected chi connectivity index (χ3v) is 8.66. The zero-order chi connectivity index (χ0) is 28.4. The molecule has 1 saturated heterocycles. The van der Waals surface area contributed by atoms with Crippen LogP contribution in [0.3, 0.4) is 0 Å². The van der Waals surface area contributed by atoms with Gasteiger partial charge in [0.2, 0.25) is 0 Å². The lowest BCUT2D eigenvalue weighted by Crippen LogP contribution is -2.43. The van der Waals surface area contributed by atoms with Crippen molar-refractivity contribution in [1.82, 2.24) is 14.5 Å². The Bertz CT molecular complexity index is 1570.